The van der Waals surface area contributed by atoms with Gasteiger partial charge < -0.3 is 10.2 Å². The zero-order valence-electron chi connectivity index (χ0n) is 10.4. The molecule has 0 aliphatic heterocycles. The Bertz CT molecular complexity index is 346. The van der Waals surface area contributed by atoms with E-state index in [1.54, 1.807) is 11.3 Å². The zero-order chi connectivity index (χ0) is 12.0. The molecule has 90 valence electrons. The summed E-state index contributed by atoms with van der Waals surface area (Å²) in [5, 5.41) is 6.47. The molecule has 1 N–H and O–H groups in total. The minimum Gasteiger partial charge on any atom is -0.357 e. The molecule has 0 fully saturated rings. The highest BCUT2D eigenvalue weighted by Crippen LogP contribution is 2.09. The first-order valence-corrected chi connectivity index (χ1v) is 6.45. The van der Waals surface area contributed by atoms with Crippen LogP contribution >= 0.6 is 11.3 Å². The second-order valence-corrected chi connectivity index (χ2v) is 4.60. The van der Waals surface area contributed by atoms with Crippen LogP contribution in [0.2, 0.25) is 0 Å². The summed E-state index contributed by atoms with van der Waals surface area (Å²) >= 11 is 1.69. The van der Waals surface area contributed by atoms with Crippen molar-refractivity contribution >= 4 is 17.3 Å². The van der Waals surface area contributed by atoms with Gasteiger partial charge >= 0.3 is 0 Å². The highest BCUT2D eigenvalue weighted by atomic mass is 32.1. The largest absolute Gasteiger partial charge is 0.357 e. The lowest BCUT2D eigenvalue weighted by atomic mass is 10.4. The summed E-state index contributed by atoms with van der Waals surface area (Å²) in [6, 6.07) is 0. The lowest BCUT2D eigenvalue weighted by molar-refractivity contribution is 0.471. The number of aryl methyl sites for hydroxylation is 1. The third-order valence-corrected chi connectivity index (χ3v) is 2.89. The summed E-state index contributed by atoms with van der Waals surface area (Å²) in [6.07, 6.45) is 0. The molecule has 0 atom stereocenters. The molecular weight excluding hydrogens is 220 g/mol. The van der Waals surface area contributed by atoms with E-state index in [9.17, 15) is 0 Å². The smallest absolute Gasteiger partial charge is 0.193 e. The Kier molecular flexibility index (Phi) is 5.25. The van der Waals surface area contributed by atoms with Crippen LogP contribution in [-0.2, 0) is 6.54 Å². The Balaban J connectivity index is 2.61. The predicted molar refractivity (Wildman–Crippen MR) is 70.0 cm³/mol. The van der Waals surface area contributed by atoms with Gasteiger partial charge in [0.15, 0.2) is 5.96 Å². The van der Waals surface area contributed by atoms with Gasteiger partial charge in [-0.25, -0.2) is 4.98 Å². The molecule has 1 heterocycles. The van der Waals surface area contributed by atoms with Crippen molar-refractivity contribution in [1.82, 2.24) is 15.2 Å². The molecule has 0 unspecified atom stereocenters. The number of aromatic nitrogens is 1. The van der Waals surface area contributed by atoms with Crippen molar-refractivity contribution in [3.63, 3.8) is 0 Å². The molecule has 0 aliphatic rings. The van der Waals surface area contributed by atoms with Crippen LogP contribution in [0.4, 0.5) is 0 Å². The van der Waals surface area contributed by atoms with Crippen molar-refractivity contribution in [3.05, 3.63) is 16.1 Å². The Hall–Kier alpha value is -1.10. The quantitative estimate of drug-likeness (QED) is 0.645. The van der Waals surface area contributed by atoms with Crippen molar-refractivity contribution in [2.75, 3.05) is 20.1 Å². The first kappa shape index (κ1) is 13.0. The van der Waals surface area contributed by atoms with Crippen molar-refractivity contribution in [2.24, 2.45) is 4.99 Å². The molecule has 0 radical (unpaired) electrons. The highest BCUT2D eigenvalue weighted by Gasteiger charge is 2.07. The Morgan fingerprint density at radius 1 is 1.56 bits per heavy atom. The number of aliphatic imine (C=N–C) groups is 1. The average molecular weight is 240 g/mol. The zero-order valence-corrected chi connectivity index (χ0v) is 11.3. The number of rotatable bonds is 4. The molecule has 0 amide bonds. The summed E-state index contributed by atoms with van der Waals surface area (Å²) in [4.78, 5) is 11.0. The van der Waals surface area contributed by atoms with E-state index in [1.165, 1.54) is 0 Å². The number of hydrogen-bond acceptors (Lipinski definition) is 3. The van der Waals surface area contributed by atoms with Crippen LogP contribution in [0, 0.1) is 6.92 Å². The summed E-state index contributed by atoms with van der Waals surface area (Å²) in [6.45, 7) is 8.63. The fourth-order valence-electron chi connectivity index (χ4n) is 1.42. The van der Waals surface area contributed by atoms with E-state index < -0.39 is 0 Å². The third-order valence-electron chi connectivity index (χ3n) is 2.07. The van der Waals surface area contributed by atoms with E-state index in [4.69, 9.17) is 0 Å². The lowest BCUT2D eigenvalue weighted by Gasteiger charge is -2.20. The number of thiazole rings is 1. The molecule has 0 saturated heterocycles. The molecule has 1 aromatic heterocycles. The van der Waals surface area contributed by atoms with Crippen molar-refractivity contribution in [3.8, 4) is 0 Å². The average Bonchev–Trinajstić information content (AvgIpc) is 2.63. The van der Waals surface area contributed by atoms with Gasteiger partial charge in [0.05, 0.1) is 17.2 Å². The third kappa shape index (κ3) is 3.81. The number of hydrogen-bond donors (Lipinski definition) is 1. The van der Waals surface area contributed by atoms with Crippen LogP contribution in [0.25, 0.3) is 0 Å². The maximum atomic E-state index is 4.45. The lowest BCUT2D eigenvalue weighted by Crippen LogP contribution is -2.38. The SMILES string of the molecule is CCN=C(NCC)N(C)Cc1csc(C)n1. The molecule has 4 nitrogen and oxygen atoms in total. The molecule has 16 heavy (non-hydrogen) atoms. The summed E-state index contributed by atoms with van der Waals surface area (Å²) < 4.78 is 0. The van der Waals surface area contributed by atoms with E-state index >= 15 is 0 Å². The Morgan fingerprint density at radius 2 is 2.31 bits per heavy atom. The normalized spacial score (nSPS) is 11.6. The first-order valence-electron chi connectivity index (χ1n) is 5.57. The van der Waals surface area contributed by atoms with Gasteiger partial charge in [-0.1, -0.05) is 0 Å². The van der Waals surface area contributed by atoms with Gasteiger partial charge in [-0.15, -0.1) is 11.3 Å². The first-order chi connectivity index (χ1) is 7.67. The van der Waals surface area contributed by atoms with Crippen LogP contribution < -0.4 is 5.32 Å². The van der Waals surface area contributed by atoms with Gasteiger partial charge in [-0.05, 0) is 20.8 Å². The van der Waals surface area contributed by atoms with Gasteiger partial charge in [0.25, 0.3) is 0 Å². The molecule has 0 saturated carbocycles. The van der Waals surface area contributed by atoms with Crippen molar-refractivity contribution in [2.45, 2.75) is 27.3 Å². The maximum absolute atomic E-state index is 4.45. The van der Waals surface area contributed by atoms with E-state index in [1.807, 2.05) is 20.9 Å². The Labute approximate surface area is 101 Å². The summed E-state index contributed by atoms with van der Waals surface area (Å²) in [5.74, 6) is 0.940. The molecule has 0 aromatic carbocycles. The number of nitrogens with one attached hydrogen (secondary N) is 1. The van der Waals surface area contributed by atoms with E-state index in [0.717, 1.165) is 36.3 Å². The van der Waals surface area contributed by atoms with Gasteiger partial charge in [-0.2, -0.15) is 0 Å². The monoisotopic (exact) mass is 240 g/mol. The number of nitrogens with zero attached hydrogens (tertiary/aromatic N) is 3. The molecule has 0 bridgehead atoms. The predicted octanol–water partition coefficient (Wildman–Crippen LogP) is 1.87. The Morgan fingerprint density at radius 3 is 2.81 bits per heavy atom. The fourth-order valence-corrected chi connectivity index (χ4v) is 2.02. The molecule has 0 aliphatic carbocycles. The van der Waals surface area contributed by atoms with Crippen LogP contribution in [0.5, 0.6) is 0 Å². The topological polar surface area (TPSA) is 40.5 Å². The standard InChI is InChI=1S/C11H20N4S/c1-5-12-11(13-6-2)15(4)7-10-8-16-9(3)14-10/h8H,5-7H2,1-4H3,(H,12,13). The molecule has 1 aromatic rings. The van der Waals surface area contributed by atoms with Crippen LogP contribution in [0.15, 0.2) is 10.4 Å². The van der Waals surface area contributed by atoms with Gasteiger partial charge in [0, 0.05) is 25.5 Å². The van der Waals surface area contributed by atoms with Gasteiger partial charge in [0.2, 0.25) is 0 Å². The van der Waals surface area contributed by atoms with E-state index in [2.05, 4.69) is 32.5 Å². The molecule has 1 rings (SSSR count). The fraction of sp³-hybridized carbons (Fsp3) is 0.636. The van der Waals surface area contributed by atoms with Gasteiger partial charge in [0.1, 0.15) is 0 Å². The van der Waals surface area contributed by atoms with Crippen molar-refractivity contribution < 1.29 is 0 Å². The number of guanidine groups is 1. The minimum absolute atomic E-state index is 0.794. The summed E-state index contributed by atoms with van der Waals surface area (Å²) in [5.41, 5.74) is 1.10. The molecule has 0 spiro atoms. The van der Waals surface area contributed by atoms with E-state index in [-0.39, 0.29) is 0 Å². The second-order valence-electron chi connectivity index (χ2n) is 3.54. The molecule has 5 heteroatoms. The van der Waals surface area contributed by atoms with Gasteiger partial charge in [-0.3, -0.25) is 4.99 Å². The van der Waals surface area contributed by atoms with Crippen molar-refractivity contribution in [1.29, 1.82) is 0 Å². The van der Waals surface area contributed by atoms with Crippen LogP contribution in [0.1, 0.15) is 24.5 Å². The van der Waals surface area contributed by atoms with Crippen LogP contribution in [0.3, 0.4) is 0 Å². The van der Waals surface area contributed by atoms with Crippen LogP contribution in [-0.4, -0.2) is 36.0 Å². The highest BCUT2D eigenvalue weighted by molar-refractivity contribution is 7.09. The second kappa shape index (κ2) is 6.48. The molecular formula is C11H20N4S. The van der Waals surface area contributed by atoms with E-state index in [0.29, 0.717) is 0 Å². The summed E-state index contributed by atoms with van der Waals surface area (Å²) in [7, 11) is 2.03. The maximum Gasteiger partial charge on any atom is 0.193 e. The minimum atomic E-state index is 0.794.